The Balaban J connectivity index is 2.07. The first-order valence-corrected chi connectivity index (χ1v) is 8.37. The first-order chi connectivity index (χ1) is 10.9. The Labute approximate surface area is 151 Å². The Morgan fingerprint density at radius 2 is 1.43 bits per heavy atom. The van der Waals surface area contributed by atoms with Crippen LogP contribution in [0.4, 0.5) is 0 Å². The summed E-state index contributed by atoms with van der Waals surface area (Å²) in [5.74, 6) is -0.967. The van der Waals surface area contributed by atoms with Crippen molar-refractivity contribution in [3.8, 4) is 0 Å². The zero-order valence-corrected chi connectivity index (χ0v) is 14.9. The molecule has 0 aromatic heterocycles. The van der Waals surface area contributed by atoms with E-state index in [0.29, 0.717) is 0 Å². The quantitative estimate of drug-likeness (QED) is 0.488. The minimum absolute atomic E-state index is 0.00229. The van der Waals surface area contributed by atoms with E-state index in [1.54, 1.807) is 0 Å². The molecule has 0 radical (unpaired) electrons. The Kier molecular flexibility index (Phi) is 6.34. The molecule has 0 N–H and O–H groups in total. The Hall–Kier alpha value is -1.22. The largest absolute Gasteiger partial charge is 0.458 e. The molecule has 0 saturated heterocycles. The Bertz CT molecular complexity index is 624. The van der Waals surface area contributed by atoms with Gasteiger partial charge in [0.15, 0.2) is 3.79 Å². The fourth-order valence-corrected chi connectivity index (χ4v) is 2.92. The summed E-state index contributed by atoms with van der Waals surface area (Å²) < 4.78 is 3.88. The van der Waals surface area contributed by atoms with Crippen molar-refractivity contribution in [2.24, 2.45) is 0 Å². The lowest BCUT2D eigenvalue weighted by molar-refractivity contribution is -0.149. The number of hydrogen-bond donors (Lipinski definition) is 0. The van der Waals surface area contributed by atoms with Crippen molar-refractivity contribution in [3.05, 3.63) is 71.8 Å². The van der Waals surface area contributed by atoms with Crippen molar-refractivity contribution >= 4 is 40.8 Å². The van der Waals surface area contributed by atoms with E-state index in [9.17, 15) is 4.79 Å². The minimum atomic E-state index is -1.59. The molecule has 2 aromatic rings. The molecule has 0 fully saturated rings. The summed E-state index contributed by atoms with van der Waals surface area (Å²) in [6.45, 7) is 1.82. The van der Waals surface area contributed by atoms with Crippen LogP contribution in [0.15, 0.2) is 60.7 Å². The summed E-state index contributed by atoms with van der Waals surface area (Å²) in [6.07, 6.45) is -0.354. The number of hydrogen-bond acceptors (Lipinski definition) is 2. The third kappa shape index (κ3) is 5.42. The lowest BCUT2D eigenvalue weighted by atomic mass is 9.97. The second-order valence-electron chi connectivity index (χ2n) is 5.25. The van der Waals surface area contributed by atoms with E-state index in [2.05, 4.69) is 0 Å². The van der Waals surface area contributed by atoms with Gasteiger partial charge in [0.05, 0.1) is 6.42 Å². The molecule has 2 unspecified atom stereocenters. The van der Waals surface area contributed by atoms with Crippen molar-refractivity contribution in [1.82, 2.24) is 0 Å². The number of rotatable bonds is 5. The van der Waals surface area contributed by atoms with Crippen LogP contribution in [0.5, 0.6) is 0 Å². The van der Waals surface area contributed by atoms with E-state index in [-0.39, 0.29) is 12.5 Å². The maximum absolute atomic E-state index is 12.3. The maximum atomic E-state index is 12.3. The maximum Gasteiger partial charge on any atom is 0.307 e. The number of carbonyl (C=O) groups excluding carboxylic acids is 1. The molecule has 2 atom stereocenters. The van der Waals surface area contributed by atoms with Gasteiger partial charge >= 0.3 is 5.97 Å². The van der Waals surface area contributed by atoms with Crippen LogP contribution < -0.4 is 0 Å². The van der Waals surface area contributed by atoms with Crippen LogP contribution in [0.25, 0.3) is 0 Å². The molecule has 0 aliphatic carbocycles. The second kappa shape index (κ2) is 8.05. The molecule has 2 nitrogen and oxygen atoms in total. The zero-order valence-electron chi connectivity index (χ0n) is 12.6. The summed E-state index contributed by atoms with van der Waals surface area (Å²) in [4.78, 5) is 12.3. The van der Waals surface area contributed by atoms with Crippen LogP contribution in [-0.2, 0) is 9.53 Å². The molecule has 23 heavy (non-hydrogen) atoms. The van der Waals surface area contributed by atoms with Gasteiger partial charge in [0, 0.05) is 5.92 Å². The minimum Gasteiger partial charge on any atom is -0.458 e. The van der Waals surface area contributed by atoms with E-state index in [1.807, 2.05) is 67.6 Å². The SMILES string of the molecule is CC(OC(=O)CC(c1ccccc1)C(Cl)(Cl)Cl)c1ccccc1. The van der Waals surface area contributed by atoms with E-state index >= 15 is 0 Å². The number of benzene rings is 2. The number of alkyl halides is 3. The van der Waals surface area contributed by atoms with Gasteiger partial charge < -0.3 is 4.74 Å². The van der Waals surface area contributed by atoms with Crippen LogP contribution >= 0.6 is 34.8 Å². The number of esters is 1. The monoisotopic (exact) mass is 370 g/mol. The fraction of sp³-hybridized carbons (Fsp3) is 0.278. The van der Waals surface area contributed by atoms with Gasteiger partial charge in [-0.1, -0.05) is 95.5 Å². The fourth-order valence-electron chi connectivity index (χ4n) is 2.31. The van der Waals surface area contributed by atoms with E-state index in [4.69, 9.17) is 39.5 Å². The van der Waals surface area contributed by atoms with E-state index in [1.165, 1.54) is 0 Å². The molecular formula is C18H17Cl3O2. The highest BCUT2D eigenvalue weighted by molar-refractivity contribution is 6.68. The van der Waals surface area contributed by atoms with Gasteiger partial charge in [-0.2, -0.15) is 0 Å². The smallest absolute Gasteiger partial charge is 0.307 e. The highest BCUT2D eigenvalue weighted by Gasteiger charge is 2.36. The van der Waals surface area contributed by atoms with Crippen LogP contribution in [0, 0.1) is 0 Å². The molecule has 5 heteroatoms. The van der Waals surface area contributed by atoms with Crippen LogP contribution in [-0.4, -0.2) is 9.76 Å². The predicted octanol–water partition coefficient (Wildman–Crippen LogP) is 5.83. The number of carbonyl (C=O) groups is 1. The van der Waals surface area contributed by atoms with Gasteiger partial charge in [0.2, 0.25) is 0 Å². The summed E-state index contributed by atoms with van der Waals surface area (Å²) in [6, 6.07) is 18.7. The van der Waals surface area contributed by atoms with Crippen molar-refractivity contribution < 1.29 is 9.53 Å². The topological polar surface area (TPSA) is 26.3 Å². The zero-order chi connectivity index (χ0) is 16.9. The second-order valence-corrected chi connectivity index (χ2v) is 7.62. The average Bonchev–Trinajstić information content (AvgIpc) is 2.53. The highest BCUT2D eigenvalue weighted by Crippen LogP contribution is 2.43. The molecule has 0 saturated carbocycles. The third-order valence-corrected chi connectivity index (χ3v) is 4.34. The van der Waals surface area contributed by atoms with Gasteiger partial charge in [0.1, 0.15) is 6.10 Å². The van der Waals surface area contributed by atoms with Gasteiger partial charge in [-0.25, -0.2) is 0 Å². The van der Waals surface area contributed by atoms with Crippen molar-refractivity contribution in [2.75, 3.05) is 0 Å². The standard InChI is InChI=1S/C18H17Cl3O2/c1-13(14-8-4-2-5-9-14)23-17(22)12-16(18(19,20)21)15-10-6-3-7-11-15/h2-11,13,16H,12H2,1H3. The number of halogens is 3. The average molecular weight is 372 g/mol. The van der Waals surface area contributed by atoms with Crippen molar-refractivity contribution in [1.29, 1.82) is 0 Å². The third-order valence-electron chi connectivity index (χ3n) is 3.55. The van der Waals surface area contributed by atoms with Crippen molar-refractivity contribution in [3.63, 3.8) is 0 Å². The molecule has 0 amide bonds. The molecule has 0 aliphatic rings. The first kappa shape index (κ1) is 18.1. The molecule has 2 rings (SSSR count). The summed E-state index contributed by atoms with van der Waals surface area (Å²) in [5, 5.41) is 0. The molecule has 0 heterocycles. The molecule has 0 spiro atoms. The predicted molar refractivity (Wildman–Crippen MR) is 95.0 cm³/mol. The normalized spacial score (nSPS) is 14.1. The lowest BCUT2D eigenvalue weighted by Gasteiger charge is -2.25. The molecule has 0 aliphatic heterocycles. The van der Waals surface area contributed by atoms with Crippen LogP contribution in [0.2, 0.25) is 0 Å². The van der Waals surface area contributed by atoms with Gasteiger partial charge in [-0.05, 0) is 18.1 Å². The van der Waals surface area contributed by atoms with Gasteiger partial charge in [-0.15, -0.1) is 0 Å². The summed E-state index contributed by atoms with van der Waals surface area (Å²) in [5.41, 5.74) is 1.71. The van der Waals surface area contributed by atoms with Gasteiger partial charge in [-0.3, -0.25) is 4.79 Å². The summed E-state index contributed by atoms with van der Waals surface area (Å²) in [7, 11) is 0. The van der Waals surface area contributed by atoms with Crippen molar-refractivity contribution in [2.45, 2.75) is 29.2 Å². The number of ether oxygens (including phenoxy) is 1. The molecule has 0 bridgehead atoms. The van der Waals surface area contributed by atoms with E-state index in [0.717, 1.165) is 11.1 Å². The van der Waals surface area contributed by atoms with Gasteiger partial charge in [0.25, 0.3) is 0 Å². The molecular weight excluding hydrogens is 355 g/mol. The first-order valence-electron chi connectivity index (χ1n) is 7.24. The van der Waals surface area contributed by atoms with Crippen LogP contribution in [0.1, 0.15) is 36.5 Å². The lowest BCUT2D eigenvalue weighted by Crippen LogP contribution is -2.22. The van der Waals surface area contributed by atoms with E-state index < -0.39 is 15.7 Å². The highest BCUT2D eigenvalue weighted by atomic mass is 35.6. The molecule has 2 aromatic carbocycles. The Morgan fingerprint density at radius 3 is 1.91 bits per heavy atom. The Morgan fingerprint density at radius 1 is 0.957 bits per heavy atom. The van der Waals surface area contributed by atoms with Crippen LogP contribution in [0.3, 0.4) is 0 Å². The summed E-state index contributed by atoms with van der Waals surface area (Å²) >= 11 is 18.2. The molecule has 122 valence electrons.